The van der Waals surface area contributed by atoms with Gasteiger partial charge in [0.15, 0.2) is 0 Å². The third-order valence-corrected chi connectivity index (χ3v) is 5.87. The number of benzene rings is 1. The summed E-state index contributed by atoms with van der Waals surface area (Å²) in [5.41, 5.74) is 1.82. The number of hydrogen-bond donors (Lipinski definition) is 0. The van der Waals surface area contributed by atoms with Crippen LogP contribution >= 0.6 is 0 Å². The van der Waals surface area contributed by atoms with Crippen molar-refractivity contribution in [1.29, 1.82) is 0 Å². The number of aryl methyl sites for hydroxylation is 1. The van der Waals surface area contributed by atoms with Crippen LogP contribution in [-0.2, 0) is 14.4 Å². The van der Waals surface area contributed by atoms with Crippen LogP contribution < -0.4 is 4.90 Å². The zero-order chi connectivity index (χ0) is 17.0. The van der Waals surface area contributed by atoms with Crippen LogP contribution in [0, 0.1) is 30.6 Å². The molecule has 2 bridgehead atoms. The summed E-state index contributed by atoms with van der Waals surface area (Å²) in [6.07, 6.45) is 6.48. The first kappa shape index (κ1) is 15.3. The van der Waals surface area contributed by atoms with Gasteiger partial charge < -0.3 is 4.90 Å². The Hall–Kier alpha value is -2.23. The molecule has 1 saturated carbocycles. The smallest absolute Gasteiger partial charge is 0.295 e. The van der Waals surface area contributed by atoms with Crippen molar-refractivity contribution < 1.29 is 14.4 Å². The van der Waals surface area contributed by atoms with E-state index in [2.05, 4.69) is 12.2 Å². The third-order valence-electron chi connectivity index (χ3n) is 5.87. The molecule has 2 aliphatic carbocycles. The second kappa shape index (κ2) is 5.40. The van der Waals surface area contributed by atoms with Crippen molar-refractivity contribution in [1.82, 2.24) is 0 Å². The quantitative estimate of drug-likeness (QED) is 0.488. The van der Waals surface area contributed by atoms with Crippen molar-refractivity contribution >= 4 is 23.2 Å². The van der Waals surface area contributed by atoms with E-state index in [1.807, 2.05) is 31.2 Å². The fourth-order valence-electron chi connectivity index (χ4n) is 4.77. The van der Waals surface area contributed by atoms with Crippen LogP contribution in [0.15, 0.2) is 36.4 Å². The van der Waals surface area contributed by atoms with Gasteiger partial charge in [-0.05, 0) is 56.6 Å². The molecule has 0 radical (unpaired) electrons. The minimum atomic E-state index is -0.823. The van der Waals surface area contributed by atoms with Gasteiger partial charge in [-0.1, -0.05) is 29.8 Å². The van der Waals surface area contributed by atoms with Crippen molar-refractivity contribution in [2.75, 3.05) is 4.90 Å². The summed E-state index contributed by atoms with van der Waals surface area (Å²) >= 11 is 0. The summed E-state index contributed by atoms with van der Waals surface area (Å²) in [6.45, 7) is 3.42. The van der Waals surface area contributed by atoms with Gasteiger partial charge in [-0.25, -0.2) is 0 Å². The number of amides is 1. The number of rotatable bonds is 3. The lowest BCUT2D eigenvalue weighted by Crippen LogP contribution is -2.44. The first-order chi connectivity index (χ1) is 11.5. The van der Waals surface area contributed by atoms with Gasteiger partial charge in [-0.2, -0.15) is 0 Å². The van der Waals surface area contributed by atoms with E-state index < -0.39 is 17.6 Å². The molecule has 1 aliphatic heterocycles. The third kappa shape index (κ3) is 2.16. The van der Waals surface area contributed by atoms with Gasteiger partial charge in [0.1, 0.15) is 11.7 Å². The topological polar surface area (TPSA) is 54.5 Å². The maximum Gasteiger partial charge on any atom is 0.295 e. The maximum absolute atomic E-state index is 12.7. The normalized spacial score (nSPS) is 34.4. The van der Waals surface area contributed by atoms with Crippen LogP contribution in [-0.4, -0.2) is 23.5 Å². The van der Waals surface area contributed by atoms with Crippen molar-refractivity contribution in [3.63, 3.8) is 0 Å². The van der Waals surface area contributed by atoms with Crippen LogP contribution in [0.5, 0.6) is 0 Å². The first-order valence-electron chi connectivity index (χ1n) is 8.60. The van der Waals surface area contributed by atoms with Crippen LogP contribution in [0.25, 0.3) is 0 Å². The molecule has 1 aromatic rings. The highest BCUT2D eigenvalue weighted by atomic mass is 16.2. The van der Waals surface area contributed by atoms with E-state index in [9.17, 15) is 14.4 Å². The van der Waals surface area contributed by atoms with Gasteiger partial charge in [0.05, 0.1) is 6.04 Å². The van der Waals surface area contributed by atoms with Crippen LogP contribution in [0.1, 0.15) is 25.3 Å². The molecule has 0 spiro atoms. The average Bonchev–Trinajstić information content (AvgIpc) is 3.23. The molecular weight excluding hydrogens is 302 g/mol. The van der Waals surface area contributed by atoms with Crippen LogP contribution in [0.2, 0.25) is 0 Å². The van der Waals surface area contributed by atoms with Crippen LogP contribution in [0.4, 0.5) is 5.69 Å². The number of fused-ring (bicyclic) bond motifs is 2. The number of allylic oxidation sites excluding steroid dienone is 2. The average molecular weight is 323 g/mol. The fourth-order valence-corrected chi connectivity index (χ4v) is 4.77. The molecule has 1 aromatic carbocycles. The lowest BCUT2D eigenvalue weighted by molar-refractivity contribution is -0.138. The lowest BCUT2D eigenvalue weighted by Gasteiger charge is -2.34. The summed E-state index contributed by atoms with van der Waals surface area (Å²) < 4.78 is 0. The second-order valence-corrected chi connectivity index (χ2v) is 7.40. The number of Topliss-reactive ketones (excluding diaryl/α,β-unsaturated/α-hetero) is 2. The Labute approximate surface area is 141 Å². The molecule has 4 rings (SSSR count). The number of carbonyl (C=O) groups excluding carboxylic acids is 3. The molecule has 5 atom stereocenters. The number of carbonyl (C=O) groups is 3. The fraction of sp³-hybridized carbons (Fsp3) is 0.450. The molecule has 1 heterocycles. The molecule has 5 unspecified atom stereocenters. The van der Waals surface area contributed by atoms with Crippen molar-refractivity contribution in [3.8, 4) is 0 Å². The van der Waals surface area contributed by atoms with Gasteiger partial charge in [0.25, 0.3) is 5.91 Å². The van der Waals surface area contributed by atoms with E-state index in [0.29, 0.717) is 11.8 Å². The SMILES string of the molecule is CC(=O)C1C(=O)C(=O)N(c2ccc(C)cc2)C1C1CC2C=CC1C2. The Bertz CT molecular complexity index is 749. The molecule has 1 amide bonds. The van der Waals surface area contributed by atoms with E-state index in [4.69, 9.17) is 0 Å². The molecule has 0 N–H and O–H groups in total. The zero-order valence-electron chi connectivity index (χ0n) is 13.9. The molecule has 4 heteroatoms. The molecule has 2 fully saturated rings. The standard InChI is InChI=1S/C20H21NO3/c1-11-3-7-15(8-4-11)21-18(16-10-13-5-6-14(16)9-13)17(12(2)22)19(23)20(21)24/h3-8,13-14,16-18H,9-10H2,1-2H3. The highest BCUT2D eigenvalue weighted by Gasteiger charge is 2.56. The Morgan fingerprint density at radius 2 is 1.79 bits per heavy atom. The highest BCUT2D eigenvalue weighted by Crippen LogP contribution is 2.49. The van der Waals surface area contributed by atoms with E-state index in [-0.39, 0.29) is 17.7 Å². The number of hydrogen-bond acceptors (Lipinski definition) is 3. The summed E-state index contributed by atoms with van der Waals surface area (Å²) in [4.78, 5) is 39.0. The minimum absolute atomic E-state index is 0.186. The molecular formula is C20H21NO3. The molecule has 3 aliphatic rings. The largest absolute Gasteiger partial charge is 0.301 e. The zero-order valence-corrected chi connectivity index (χ0v) is 13.9. The Morgan fingerprint density at radius 1 is 1.08 bits per heavy atom. The van der Waals surface area contributed by atoms with Crippen molar-refractivity contribution in [3.05, 3.63) is 42.0 Å². The Kier molecular flexibility index (Phi) is 3.44. The van der Waals surface area contributed by atoms with Gasteiger partial charge in [0.2, 0.25) is 5.78 Å². The monoisotopic (exact) mass is 323 g/mol. The predicted molar refractivity (Wildman–Crippen MR) is 90.5 cm³/mol. The minimum Gasteiger partial charge on any atom is -0.301 e. The van der Waals surface area contributed by atoms with Gasteiger partial charge >= 0.3 is 0 Å². The molecule has 0 aromatic heterocycles. The van der Waals surface area contributed by atoms with Gasteiger partial charge in [-0.3, -0.25) is 14.4 Å². The summed E-state index contributed by atoms with van der Waals surface area (Å²) in [5, 5.41) is 0. The highest BCUT2D eigenvalue weighted by molar-refractivity contribution is 6.48. The summed E-state index contributed by atoms with van der Waals surface area (Å²) in [5.74, 6) is -1.01. The van der Waals surface area contributed by atoms with E-state index in [1.54, 1.807) is 4.90 Å². The number of ketones is 2. The second-order valence-electron chi connectivity index (χ2n) is 7.40. The van der Waals surface area contributed by atoms with Crippen LogP contribution in [0.3, 0.4) is 0 Å². The van der Waals surface area contributed by atoms with Crippen molar-refractivity contribution in [2.45, 2.75) is 32.7 Å². The summed E-state index contributed by atoms with van der Waals surface area (Å²) in [7, 11) is 0. The lowest BCUT2D eigenvalue weighted by atomic mass is 9.79. The number of nitrogens with zero attached hydrogens (tertiary/aromatic N) is 1. The van der Waals surface area contributed by atoms with Crippen molar-refractivity contribution in [2.24, 2.45) is 23.7 Å². The van der Waals surface area contributed by atoms with E-state index in [0.717, 1.165) is 24.1 Å². The molecule has 124 valence electrons. The van der Waals surface area contributed by atoms with E-state index in [1.165, 1.54) is 6.92 Å². The Morgan fingerprint density at radius 3 is 2.33 bits per heavy atom. The summed E-state index contributed by atoms with van der Waals surface area (Å²) in [6, 6.07) is 7.28. The molecule has 1 saturated heterocycles. The van der Waals surface area contributed by atoms with E-state index >= 15 is 0 Å². The first-order valence-corrected chi connectivity index (χ1v) is 8.60. The van der Waals surface area contributed by atoms with Gasteiger partial charge in [-0.15, -0.1) is 0 Å². The molecule has 24 heavy (non-hydrogen) atoms. The number of anilines is 1. The Balaban J connectivity index is 1.78. The molecule has 4 nitrogen and oxygen atoms in total. The predicted octanol–water partition coefficient (Wildman–Crippen LogP) is 2.70. The maximum atomic E-state index is 12.7. The van der Waals surface area contributed by atoms with Gasteiger partial charge in [0, 0.05) is 5.69 Å².